The zero-order chi connectivity index (χ0) is 17.1. The molecule has 0 atom stereocenters. The number of nitrogens with zero attached hydrogens (tertiary/aromatic N) is 2. The van der Waals surface area contributed by atoms with Crippen molar-refractivity contribution >= 4 is 34.8 Å². The molecule has 0 unspecified atom stereocenters. The van der Waals surface area contributed by atoms with Crippen LogP contribution >= 0.6 is 34.8 Å². The van der Waals surface area contributed by atoms with Crippen LogP contribution in [0.15, 0.2) is 48.8 Å². The standard InChI is InChI=1S/C18H16Cl3N3/c19-13-3-1-12(2-4-13)7-8-24-11-23-18(17(24)10-22)15-6-5-14(20)9-16(15)21/h1-6,9,11H,7-8,10,22H2. The van der Waals surface area contributed by atoms with Gasteiger partial charge in [-0.1, -0.05) is 46.9 Å². The lowest BCUT2D eigenvalue weighted by Crippen LogP contribution is -2.09. The zero-order valence-electron chi connectivity index (χ0n) is 12.8. The van der Waals surface area contributed by atoms with Gasteiger partial charge in [0.2, 0.25) is 0 Å². The van der Waals surface area contributed by atoms with Crippen LogP contribution in [-0.2, 0) is 19.5 Å². The van der Waals surface area contributed by atoms with E-state index in [0.29, 0.717) is 16.6 Å². The molecule has 0 saturated heterocycles. The fourth-order valence-electron chi connectivity index (χ4n) is 2.62. The lowest BCUT2D eigenvalue weighted by atomic mass is 10.1. The lowest BCUT2D eigenvalue weighted by Gasteiger charge is -2.09. The van der Waals surface area contributed by atoms with Crippen molar-refractivity contribution in [2.45, 2.75) is 19.5 Å². The normalized spacial score (nSPS) is 11.0. The maximum atomic E-state index is 6.30. The molecule has 0 aliphatic rings. The zero-order valence-corrected chi connectivity index (χ0v) is 15.1. The molecule has 24 heavy (non-hydrogen) atoms. The first-order chi connectivity index (χ1) is 11.6. The Morgan fingerprint density at radius 2 is 1.67 bits per heavy atom. The minimum Gasteiger partial charge on any atom is -0.333 e. The van der Waals surface area contributed by atoms with Crippen LogP contribution in [0.2, 0.25) is 15.1 Å². The predicted molar refractivity (Wildman–Crippen MR) is 101 cm³/mol. The van der Waals surface area contributed by atoms with Gasteiger partial charge in [0.05, 0.1) is 22.7 Å². The van der Waals surface area contributed by atoms with Gasteiger partial charge in [-0.05, 0) is 42.3 Å². The fourth-order valence-corrected chi connectivity index (χ4v) is 3.25. The van der Waals surface area contributed by atoms with E-state index in [1.165, 1.54) is 5.56 Å². The molecule has 0 spiro atoms. The summed E-state index contributed by atoms with van der Waals surface area (Å²) in [5.41, 5.74) is 9.76. The summed E-state index contributed by atoms with van der Waals surface area (Å²) in [5, 5.41) is 1.91. The Morgan fingerprint density at radius 1 is 0.958 bits per heavy atom. The molecule has 1 heterocycles. The van der Waals surface area contributed by atoms with E-state index >= 15 is 0 Å². The second kappa shape index (κ2) is 7.58. The Labute approximate surface area is 156 Å². The fraction of sp³-hybridized carbons (Fsp3) is 0.167. The van der Waals surface area contributed by atoms with Gasteiger partial charge in [0.15, 0.2) is 0 Å². The first-order valence-corrected chi connectivity index (χ1v) is 8.66. The van der Waals surface area contributed by atoms with E-state index < -0.39 is 0 Å². The summed E-state index contributed by atoms with van der Waals surface area (Å²) in [6.45, 7) is 1.17. The van der Waals surface area contributed by atoms with E-state index in [-0.39, 0.29) is 0 Å². The van der Waals surface area contributed by atoms with Crippen molar-refractivity contribution in [3.05, 3.63) is 75.1 Å². The van der Waals surface area contributed by atoms with Crippen LogP contribution in [0.5, 0.6) is 0 Å². The van der Waals surface area contributed by atoms with Crippen molar-refractivity contribution in [2.24, 2.45) is 5.73 Å². The number of aryl methyl sites for hydroxylation is 2. The first kappa shape index (κ1) is 17.3. The minimum atomic E-state index is 0.384. The summed E-state index contributed by atoms with van der Waals surface area (Å²) in [4.78, 5) is 4.51. The summed E-state index contributed by atoms with van der Waals surface area (Å²) >= 11 is 18.2. The molecule has 3 nitrogen and oxygen atoms in total. The molecular formula is C18H16Cl3N3. The summed E-state index contributed by atoms with van der Waals surface area (Å²) < 4.78 is 2.06. The second-order valence-corrected chi connectivity index (χ2v) is 6.72. The van der Waals surface area contributed by atoms with Crippen LogP contribution in [-0.4, -0.2) is 9.55 Å². The Bertz CT molecular complexity index is 841. The van der Waals surface area contributed by atoms with Crippen molar-refractivity contribution in [3.63, 3.8) is 0 Å². The maximum absolute atomic E-state index is 6.30. The van der Waals surface area contributed by atoms with Crippen LogP contribution in [0.3, 0.4) is 0 Å². The third-order valence-electron chi connectivity index (χ3n) is 3.88. The molecule has 0 fully saturated rings. The molecular weight excluding hydrogens is 365 g/mol. The van der Waals surface area contributed by atoms with E-state index in [1.807, 2.05) is 30.3 Å². The first-order valence-electron chi connectivity index (χ1n) is 7.52. The Hall–Kier alpha value is -1.52. The number of aromatic nitrogens is 2. The Kier molecular flexibility index (Phi) is 5.47. The van der Waals surface area contributed by atoms with Gasteiger partial charge in [0.1, 0.15) is 0 Å². The lowest BCUT2D eigenvalue weighted by molar-refractivity contribution is 0.661. The third-order valence-corrected chi connectivity index (χ3v) is 4.68. The Morgan fingerprint density at radius 3 is 2.33 bits per heavy atom. The highest BCUT2D eigenvalue weighted by Gasteiger charge is 2.14. The average Bonchev–Trinajstić information content (AvgIpc) is 2.97. The van der Waals surface area contributed by atoms with Crippen molar-refractivity contribution in [3.8, 4) is 11.3 Å². The topological polar surface area (TPSA) is 43.8 Å². The van der Waals surface area contributed by atoms with Gasteiger partial charge in [-0.25, -0.2) is 4.98 Å². The van der Waals surface area contributed by atoms with Crippen LogP contribution in [0.25, 0.3) is 11.3 Å². The van der Waals surface area contributed by atoms with Gasteiger partial charge < -0.3 is 10.3 Å². The van der Waals surface area contributed by atoms with E-state index in [1.54, 1.807) is 18.5 Å². The average molecular weight is 381 g/mol. The molecule has 0 bridgehead atoms. The minimum absolute atomic E-state index is 0.384. The molecule has 2 N–H and O–H groups in total. The molecule has 6 heteroatoms. The molecule has 0 aliphatic heterocycles. The molecule has 0 saturated carbocycles. The van der Waals surface area contributed by atoms with Gasteiger partial charge in [0, 0.05) is 28.7 Å². The van der Waals surface area contributed by atoms with Crippen molar-refractivity contribution in [2.75, 3.05) is 0 Å². The molecule has 3 aromatic rings. The highest BCUT2D eigenvalue weighted by molar-refractivity contribution is 6.36. The number of benzene rings is 2. The highest BCUT2D eigenvalue weighted by atomic mass is 35.5. The summed E-state index contributed by atoms with van der Waals surface area (Å²) in [6.07, 6.45) is 2.67. The van der Waals surface area contributed by atoms with Gasteiger partial charge in [-0.2, -0.15) is 0 Å². The van der Waals surface area contributed by atoms with E-state index in [4.69, 9.17) is 40.5 Å². The second-order valence-electron chi connectivity index (χ2n) is 5.44. The van der Waals surface area contributed by atoms with E-state index in [2.05, 4.69) is 9.55 Å². The van der Waals surface area contributed by atoms with E-state index in [9.17, 15) is 0 Å². The quantitative estimate of drug-likeness (QED) is 0.660. The molecule has 1 aromatic heterocycles. The summed E-state index contributed by atoms with van der Waals surface area (Å²) in [7, 11) is 0. The molecule has 0 amide bonds. The maximum Gasteiger partial charge on any atom is 0.0956 e. The monoisotopic (exact) mass is 379 g/mol. The number of nitrogens with two attached hydrogens (primary N) is 1. The number of hydrogen-bond donors (Lipinski definition) is 1. The molecule has 3 rings (SSSR count). The van der Waals surface area contributed by atoms with Crippen LogP contribution in [0, 0.1) is 0 Å². The largest absolute Gasteiger partial charge is 0.333 e. The van der Waals surface area contributed by atoms with Gasteiger partial charge in [0.25, 0.3) is 0 Å². The Balaban J connectivity index is 1.85. The van der Waals surface area contributed by atoms with Gasteiger partial charge >= 0.3 is 0 Å². The van der Waals surface area contributed by atoms with Crippen molar-refractivity contribution in [1.82, 2.24) is 9.55 Å². The number of halogens is 3. The predicted octanol–water partition coefficient (Wildman–Crippen LogP) is 5.21. The number of hydrogen-bond acceptors (Lipinski definition) is 2. The van der Waals surface area contributed by atoms with Gasteiger partial charge in [-0.3, -0.25) is 0 Å². The van der Waals surface area contributed by atoms with Crippen LogP contribution < -0.4 is 5.73 Å². The van der Waals surface area contributed by atoms with E-state index in [0.717, 1.165) is 34.9 Å². The van der Waals surface area contributed by atoms with Crippen molar-refractivity contribution < 1.29 is 0 Å². The SMILES string of the molecule is NCc1c(-c2ccc(Cl)cc2Cl)ncn1CCc1ccc(Cl)cc1. The number of rotatable bonds is 5. The van der Waals surface area contributed by atoms with Crippen LogP contribution in [0.1, 0.15) is 11.3 Å². The molecule has 2 aromatic carbocycles. The van der Waals surface area contributed by atoms with Crippen LogP contribution in [0.4, 0.5) is 0 Å². The third kappa shape index (κ3) is 3.76. The van der Waals surface area contributed by atoms with Crippen molar-refractivity contribution in [1.29, 1.82) is 0 Å². The summed E-state index contributed by atoms with van der Waals surface area (Å²) in [5.74, 6) is 0. The number of imidazole rings is 1. The summed E-state index contributed by atoms with van der Waals surface area (Å²) in [6, 6.07) is 13.2. The molecule has 0 radical (unpaired) electrons. The smallest absolute Gasteiger partial charge is 0.0956 e. The molecule has 0 aliphatic carbocycles. The molecule has 124 valence electrons. The van der Waals surface area contributed by atoms with Gasteiger partial charge in [-0.15, -0.1) is 0 Å². The highest BCUT2D eigenvalue weighted by Crippen LogP contribution is 2.31.